The maximum Gasteiger partial charge on any atom is 0.252 e. The fraction of sp³-hybridized carbons (Fsp3) is 0.469. The lowest BCUT2D eigenvalue weighted by Crippen LogP contribution is -2.46. The van der Waals surface area contributed by atoms with Crippen molar-refractivity contribution < 1.29 is 9.63 Å². The molecular weight excluding hydrogens is 514 g/mol. The zero-order chi connectivity index (χ0) is 28.2. The Morgan fingerprint density at radius 3 is 2.66 bits per heavy atom. The molecule has 1 amide bonds. The van der Waals surface area contributed by atoms with E-state index in [0.717, 1.165) is 104 Å². The summed E-state index contributed by atoms with van der Waals surface area (Å²) in [5, 5.41) is 14.5. The van der Waals surface area contributed by atoms with E-state index in [0.29, 0.717) is 6.54 Å². The fourth-order valence-corrected chi connectivity index (χ4v) is 7.34. The van der Waals surface area contributed by atoms with Gasteiger partial charge in [-0.15, -0.1) is 0 Å². The van der Waals surface area contributed by atoms with Crippen LogP contribution in [-0.4, -0.2) is 82.1 Å². The molecule has 2 aromatic carbocycles. The van der Waals surface area contributed by atoms with Crippen LogP contribution in [0.4, 0.5) is 0 Å². The van der Waals surface area contributed by atoms with Crippen LogP contribution in [0.25, 0.3) is 32.9 Å². The standard InChI is InChI=1S/C32H39N7O2/c1-5-37-13-15-38(16-14-37)11-6-12-39-27-10-7-21(20(2)35-41-4)17-23(27)29-24-18-33-32(40)30(24)28-22(31(29)39)8-9-26-25(28)19-36(3)34-26/h7,10,17,19H,5-6,8-9,11-16,18H2,1-4H3,(H,33,40). The third-order valence-corrected chi connectivity index (χ3v) is 9.36. The maximum atomic E-state index is 13.4. The summed E-state index contributed by atoms with van der Waals surface area (Å²) in [5.41, 5.74) is 10.9. The maximum absolute atomic E-state index is 13.4. The number of rotatable bonds is 7. The van der Waals surface area contributed by atoms with E-state index in [9.17, 15) is 4.79 Å². The summed E-state index contributed by atoms with van der Waals surface area (Å²) in [7, 11) is 3.55. The molecule has 2 aromatic heterocycles. The molecule has 9 heteroatoms. The summed E-state index contributed by atoms with van der Waals surface area (Å²) in [5.74, 6) is 0.0234. The number of amides is 1. The van der Waals surface area contributed by atoms with Crippen molar-refractivity contribution in [2.24, 2.45) is 12.2 Å². The average Bonchev–Trinajstić information content (AvgIpc) is 3.65. The smallest absolute Gasteiger partial charge is 0.252 e. The first kappa shape index (κ1) is 26.2. The average molecular weight is 554 g/mol. The molecule has 0 radical (unpaired) electrons. The van der Waals surface area contributed by atoms with Crippen molar-refractivity contribution >= 4 is 33.4 Å². The van der Waals surface area contributed by atoms with Crippen LogP contribution in [0, 0.1) is 0 Å². The third-order valence-electron chi connectivity index (χ3n) is 9.36. The van der Waals surface area contributed by atoms with E-state index in [1.165, 1.54) is 27.4 Å². The molecule has 9 nitrogen and oxygen atoms in total. The minimum atomic E-state index is 0.0234. The van der Waals surface area contributed by atoms with Crippen molar-refractivity contribution in [1.29, 1.82) is 0 Å². The summed E-state index contributed by atoms with van der Waals surface area (Å²) in [4.78, 5) is 23.6. The molecule has 1 fully saturated rings. The lowest BCUT2D eigenvalue weighted by atomic mass is 9.82. The highest BCUT2D eigenvalue weighted by molar-refractivity contribution is 6.20. The summed E-state index contributed by atoms with van der Waals surface area (Å²) in [6, 6.07) is 6.62. The summed E-state index contributed by atoms with van der Waals surface area (Å²) < 4.78 is 4.43. The van der Waals surface area contributed by atoms with Crippen LogP contribution in [0.1, 0.15) is 53.0 Å². The molecule has 214 valence electrons. The van der Waals surface area contributed by atoms with Gasteiger partial charge in [0.05, 0.1) is 22.5 Å². The van der Waals surface area contributed by atoms with Gasteiger partial charge in [-0.1, -0.05) is 18.1 Å². The molecule has 0 unspecified atom stereocenters. The van der Waals surface area contributed by atoms with Gasteiger partial charge in [0, 0.05) is 79.9 Å². The van der Waals surface area contributed by atoms with Gasteiger partial charge in [0.15, 0.2) is 0 Å². The fourth-order valence-electron chi connectivity index (χ4n) is 7.34. The van der Waals surface area contributed by atoms with Gasteiger partial charge < -0.3 is 24.5 Å². The second kappa shape index (κ2) is 10.3. The minimum Gasteiger partial charge on any atom is -0.399 e. The van der Waals surface area contributed by atoms with Crippen LogP contribution >= 0.6 is 0 Å². The lowest BCUT2D eigenvalue weighted by Gasteiger charge is -2.34. The second-order valence-electron chi connectivity index (χ2n) is 11.6. The number of carbonyl (C=O) groups is 1. The Morgan fingerprint density at radius 1 is 1.07 bits per heavy atom. The monoisotopic (exact) mass is 553 g/mol. The molecule has 41 heavy (non-hydrogen) atoms. The number of nitrogens with one attached hydrogen (secondary N) is 1. The van der Waals surface area contributed by atoms with Crippen molar-refractivity contribution in [3.63, 3.8) is 0 Å². The third kappa shape index (κ3) is 4.25. The summed E-state index contributed by atoms with van der Waals surface area (Å²) in [6.45, 7) is 12.5. The Hall–Kier alpha value is -3.69. The lowest BCUT2D eigenvalue weighted by molar-refractivity contribution is 0.0966. The number of hydrogen-bond donors (Lipinski definition) is 1. The normalized spacial score (nSPS) is 17.7. The van der Waals surface area contributed by atoms with Crippen molar-refractivity contribution in [3.05, 3.63) is 52.3 Å². The molecular formula is C32H39N7O2. The summed E-state index contributed by atoms with van der Waals surface area (Å²) >= 11 is 0. The van der Waals surface area contributed by atoms with Gasteiger partial charge in [-0.05, 0) is 68.1 Å². The van der Waals surface area contributed by atoms with Crippen LogP contribution in [0.15, 0.2) is 29.6 Å². The zero-order valence-electron chi connectivity index (χ0n) is 24.6. The first-order valence-electron chi connectivity index (χ1n) is 15.0. The van der Waals surface area contributed by atoms with Crippen molar-refractivity contribution in [2.45, 2.75) is 46.2 Å². The van der Waals surface area contributed by atoms with E-state index < -0.39 is 0 Å². The molecule has 4 aromatic rings. The van der Waals surface area contributed by atoms with E-state index in [-0.39, 0.29) is 5.91 Å². The molecule has 0 saturated carbocycles. The minimum absolute atomic E-state index is 0.0234. The molecule has 0 bridgehead atoms. The van der Waals surface area contributed by atoms with Crippen molar-refractivity contribution in [2.75, 3.05) is 46.4 Å². The predicted molar refractivity (Wildman–Crippen MR) is 163 cm³/mol. The molecule has 1 N–H and O–H groups in total. The number of piperazine rings is 1. The van der Waals surface area contributed by atoms with Crippen molar-refractivity contribution in [3.8, 4) is 11.1 Å². The van der Waals surface area contributed by atoms with Gasteiger partial charge in [-0.25, -0.2) is 0 Å². The van der Waals surface area contributed by atoms with Crippen LogP contribution in [0.5, 0.6) is 0 Å². The van der Waals surface area contributed by atoms with Crippen LogP contribution in [0.3, 0.4) is 0 Å². The van der Waals surface area contributed by atoms with Crippen molar-refractivity contribution in [1.82, 2.24) is 29.5 Å². The SMILES string of the molecule is CCN1CCN(CCCn2c3ccc(C(C)=NOC)cc3c3c4c(c5c(c32)CCc2nn(C)cc2-5)C(=O)NC4)CC1. The molecule has 1 saturated heterocycles. The predicted octanol–water partition coefficient (Wildman–Crippen LogP) is 3.94. The van der Waals surface area contributed by atoms with Crippen LogP contribution < -0.4 is 5.32 Å². The van der Waals surface area contributed by atoms with Crippen LogP contribution in [0.2, 0.25) is 0 Å². The highest BCUT2D eigenvalue weighted by atomic mass is 16.6. The number of carbonyl (C=O) groups excluding carboxylic acids is 1. The first-order chi connectivity index (χ1) is 20.0. The van der Waals surface area contributed by atoms with E-state index >= 15 is 0 Å². The van der Waals surface area contributed by atoms with Gasteiger partial charge >= 0.3 is 0 Å². The van der Waals surface area contributed by atoms with E-state index in [2.05, 4.69) is 56.2 Å². The zero-order valence-corrected chi connectivity index (χ0v) is 24.6. The van der Waals surface area contributed by atoms with E-state index in [1.54, 1.807) is 7.11 Å². The number of hydrogen-bond acceptors (Lipinski definition) is 6. The quantitative estimate of drug-likeness (QED) is 0.277. The van der Waals surface area contributed by atoms with E-state index in [4.69, 9.17) is 9.94 Å². The van der Waals surface area contributed by atoms with Gasteiger partial charge in [-0.3, -0.25) is 9.48 Å². The number of aromatic nitrogens is 3. The molecule has 3 aliphatic rings. The number of fused-ring (bicyclic) bond motifs is 10. The Kier molecular flexibility index (Phi) is 6.59. The highest BCUT2D eigenvalue weighted by Crippen LogP contribution is 2.46. The van der Waals surface area contributed by atoms with Gasteiger partial charge in [0.2, 0.25) is 0 Å². The molecule has 0 atom stereocenters. The number of oxime groups is 1. The first-order valence-corrected chi connectivity index (χ1v) is 15.0. The number of benzene rings is 2. The molecule has 2 aliphatic heterocycles. The Morgan fingerprint density at radius 2 is 1.88 bits per heavy atom. The van der Waals surface area contributed by atoms with Crippen LogP contribution in [-0.2, 0) is 37.8 Å². The number of likely N-dealkylation sites (N-methyl/N-ethyl adjacent to an activating group) is 1. The number of nitrogens with zero attached hydrogens (tertiary/aromatic N) is 6. The van der Waals surface area contributed by atoms with Gasteiger partial charge in [0.1, 0.15) is 7.11 Å². The largest absolute Gasteiger partial charge is 0.399 e. The molecule has 4 heterocycles. The molecule has 0 spiro atoms. The number of aryl methyl sites for hydroxylation is 4. The van der Waals surface area contributed by atoms with E-state index in [1.807, 2.05) is 18.7 Å². The summed E-state index contributed by atoms with van der Waals surface area (Å²) in [6.07, 6.45) is 4.93. The molecule has 1 aliphatic carbocycles. The Bertz CT molecular complexity index is 1700. The second-order valence-corrected chi connectivity index (χ2v) is 11.6. The molecule has 7 rings (SSSR count). The highest BCUT2D eigenvalue weighted by Gasteiger charge is 2.35. The van der Waals surface area contributed by atoms with Gasteiger partial charge in [0.25, 0.3) is 5.91 Å². The topological polar surface area (TPSA) is 79.9 Å². The van der Waals surface area contributed by atoms with Gasteiger partial charge in [-0.2, -0.15) is 5.10 Å². The Balaban J connectivity index is 1.41. The Labute approximate surface area is 240 Å².